The van der Waals surface area contributed by atoms with Gasteiger partial charge in [0.1, 0.15) is 0 Å². The molecule has 1 atom stereocenters. The molecule has 2 rings (SSSR count). The summed E-state index contributed by atoms with van der Waals surface area (Å²) in [5.74, 6) is -0.160. The molecule has 0 radical (unpaired) electrons. The van der Waals surface area contributed by atoms with Gasteiger partial charge in [-0.15, -0.1) is 0 Å². The number of rotatable bonds is 2. The maximum Gasteiger partial charge on any atom is 0.227 e. The summed E-state index contributed by atoms with van der Waals surface area (Å²) in [6.07, 6.45) is 0.310. The van der Waals surface area contributed by atoms with E-state index in [1.165, 1.54) is 0 Å². The van der Waals surface area contributed by atoms with Gasteiger partial charge in [-0.1, -0.05) is 12.1 Å². The van der Waals surface area contributed by atoms with Gasteiger partial charge < -0.3 is 9.80 Å². The van der Waals surface area contributed by atoms with Crippen LogP contribution in [0.25, 0.3) is 0 Å². The van der Waals surface area contributed by atoms with Gasteiger partial charge in [-0.05, 0) is 24.6 Å². The number of amides is 2. The average Bonchev–Trinajstić information content (AvgIpc) is 2.70. The van der Waals surface area contributed by atoms with Crippen molar-refractivity contribution in [3.8, 4) is 0 Å². The number of hydrogen-bond donors (Lipinski definition) is 0. The molecule has 1 aliphatic heterocycles. The van der Waals surface area contributed by atoms with Crippen molar-refractivity contribution in [3.63, 3.8) is 0 Å². The maximum absolute atomic E-state index is 12.0. The summed E-state index contributed by atoms with van der Waals surface area (Å²) in [5, 5.41) is 0. The number of benzene rings is 1. The maximum atomic E-state index is 12.0. The summed E-state index contributed by atoms with van der Waals surface area (Å²) >= 11 is 0. The van der Waals surface area contributed by atoms with Crippen molar-refractivity contribution in [3.05, 3.63) is 29.8 Å². The van der Waals surface area contributed by atoms with Gasteiger partial charge in [0.2, 0.25) is 11.8 Å². The van der Waals surface area contributed by atoms with Gasteiger partial charge in [0.15, 0.2) is 0 Å². The smallest absolute Gasteiger partial charge is 0.227 e. The molecule has 0 aromatic heterocycles. The lowest BCUT2D eigenvalue weighted by atomic mass is 10.1. The minimum atomic E-state index is -0.215. The van der Waals surface area contributed by atoms with Gasteiger partial charge in [0.05, 0.1) is 5.92 Å². The predicted octanol–water partition coefficient (Wildman–Crippen LogP) is 1.44. The predicted molar refractivity (Wildman–Crippen MR) is 70.3 cm³/mol. The van der Waals surface area contributed by atoms with E-state index < -0.39 is 0 Å². The molecule has 4 heteroatoms. The third-order valence-electron chi connectivity index (χ3n) is 3.23. The minimum Gasteiger partial charge on any atom is -0.349 e. The average molecular weight is 246 g/mol. The van der Waals surface area contributed by atoms with Crippen molar-refractivity contribution in [1.29, 1.82) is 0 Å². The summed E-state index contributed by atoms with van der Waals surface area (Å²) < 4.78 is 0. The Balaban J connectivity index is 2.17. The summed E-state index contributed by atoms with van der Waals surface area (Å²) in [5.41, 5.74) is 2.00. The fraction of sp³-hybridized carbons (Fsp3) is 0.429. The number of carbonyl (C=O) groups is 2. The van der Waals surface area contributed by atoms with Crippen LogP contribution in [0.5, 0.6) is 0 Å². The van der Waals surface area contributed by atoms with Crippen LogP contribution in [0.15, 0.2) is 24.3 Å². The molecule has 2 amide bonds. The summed E-state index contributed by atoms with van der Waals surface area (Å²) in [6, 6.07) is 7.80. The lowest BCUT2D eigenvalue weighted by Gasteiger charge is -2.18. The summed E-state index contributed by atoms with van der Waals surface area (Å²) in [6.45, 7) is 2.48. The first kappa shape index (κ1) is 12.6. The van der Waals surface area contributed by atoms with Gasteiger partial charge in [0, 0.05) is 32.7 Å². The topological polar surface area (TPSA) is 40.6 Å². The molecule has 0 bridgehead atoms. The van der Waals surface area contributed by atoms with Crippen molar-refractivity contribution in [2.24, 2.45) is 5.92 Å². The zero-order chi connectivity index (χ0) is 13.3. The van der Waals surface area contributed by atoms with Gasteiger partial charge in [-0.2, -0.15) is 0 Å². The van der Waals surface area contributed by atoms with Crippen LogP contribution < -0.4 is 4.90 Å². The van der Waals surface area contributed by atoms with Crippen molar-refractivity contribution < 1.29 is 9.59 Å². The van der Waals surface area contributed by atoms with Crippen molar-refractivity contribution in [1.82, 2.24) is 4.90 Å². The normalized spacial score (nSPS) is 19.2. The second-order valence-electron chi connectivity index (χ2n) is 4.98. The van der Waals surface area contributed by atoms with Gasteiger partial charge in [-0.3, -0.25) is 9.59 Å². The monoisotopic (exact) mass is 246 g/mol. The fourth-order valence-electron chi connectivity index (χ4n) is 2.28. The molecular formula is C14H18N2O2. The van der Waals surface area contributed by atoms with Gasteiger partial charge >= 0.3 is 0 Å². The van der Waals surface area contributed by atoms with E-state index in [0.29, 0.717) is 13.0 Å². The highest BCUT2D eigenvalue weighted by atomic mass is 16.2. The highest BCUT2D eigenvalue weighted by molar-refractivity contribution is 6.00. The van der Waals surface area contributed by atoms with Crippen molar-refractivity contribution in [2.45, 2.75) is 13.3 Å². The Bertz CT molecular complexity index is 482. The Morgan fingerprint density at radius 3 is 2.72 bits per heavy atom. The van der Waals surface area contributed by atoms with Crippen molar-refractivity contribution in [2.75, 3.05) is 25.5 Å². The van der Waals surface area contributed by atoms with E-state index in [1.54, 1.807) is 23.9 Å². The zero-order valence-electron chi connectivity index (χ0n) is 11.0. The van der Waals surface area contributed by atoms with E-state index in [-0.39, 0.29) is 17.7 Å². The Morgan fingerprint density at radius 1 is 1.39 bits per heavy atom. The van der Waals surface area contributed by atoms with E-state index in [9.17, 15) is 9.59 Å². The lowest BCUT2D eigenvalue weighted by molar-refractivity contribution is -0.133. The molecule has 0 spiro atoms. The van der Waals surface area contributed by atoms with Crippen LogP contribution in [0.1, 0.15) is 12.0 Å². The SMILES string of the molecule is Cc1cccc(N2CC(C(=O)N(C)C)CC2=O)c1. The summed E-state index contributed by atoms with van der Waals surface area (Å²) in [7, 11) is 3.45. The quantitative estimate of drug-likeness (QED) is 0.792. The molecule has 4 nitrogen and oxygen atoms in total. The Morgan fingerprint density at radius 2 is 2.11 bits per heavy atom. The second-order valence-corrected chi connectivity index (χ2v) is 4.98. The van der Waals surface area contributed by atoms with Crippen LogP contribution in [0.2, 0.25) is 0 Å². The third kappa shape index (κ3) is 2.37. The molecular weight excluding hydrogens is 228 g/mol. The first-order valence-corrected chi connectivity index (χ1v) is 6.07. The number of hydrogen-bond acceptors (Lipinski definition) is 2. The molecule has 96 valence electrons. The molecule has 1 saturated heterocycles. The van der Waals surface area contributed by atoms with Crippen LogP contribution in [0.3, 0.4) is 0 Å². The molecule has 1 aromatic carbocycles. The van der Waals surface area contributed by atoms with Crippen LogP contribution in [0.4, 0.5) is 5.69 Å². The Labute approximate surface area is 107 Å². The minimum absolute atomic E-state index is 0.0264. The molecule has 1 unspecified atom stereocenters. The number of nitrogens with zero attached hydrogens (tertiary/aromatic N) is 2. The summed E-state index contributed by atoms with van der Waals surface area (Å²) in [4.78, 5) is 27.1. The van der Waals surface area contributed by atoms with E-state index in [0.717, 1.165) is 11.3 Å². The standard InChI is InChI=1S/C14H18N2O2/c1-10-5-4-6-12(7-10)16-9-11(8-13(16)17)14(18)15(2)3/h4-7,11H,8-9H2,1-3H3. The van der Waals surface area contributed by atoms with Crippen LogP contribution >= 0.6 is 0 Å². The molecule has 18 heavy (non-hydrogen) atoms. The van der Waals surface area contributed by atoms with E-state index in [4.69, 9.17) is 0 Å². The highest BCUT2D eigenvalue weighted by Crippen LogP contribution is 2.26. The zero-order valence-corrected chi connectivity index (χ0v) is 11.0. The highest BCUT2D eigenvalue weighted by Gasteiger charge is 2.35. The fourth-order valence-corrected chi connectivity index (χ4v) is 2.28. The van der Waals surface area contributed by atoms with Gasteiger partial charge in [0.25, 0.3) is 0 Å². The first-order chi connectivity index (χ1) is 8.49. The molecule has 0 aliphatic carbocycles. The Kier molecular flexibility index (Phi) is 3.36. The molecule has 0 saturated carbocycles. The lowest BCUT2D eigenvalue weighted by Crippen LogP contribution is -2.32. The van der Waals surface area contributed by atoms with E-state index in [2.05, 4.69) is 0 Å². The second kappa shape index (κ2) is 4.80. The molecule has 1 aliphatic rings. The number of aryl methyl sites for hydroxylation is 1. The first-order valence-electron chi connectivity index (χ1n) is 6.07. The van der Waals surface area contributed by atoms with Gasteiger partial charge in [-0.25, -0.2) is 0 Å². The molecule has 1 aromatic rings. The molecule has 0 N–H and O–H groups in total. The van der Waals surface area contributed by atoms with Crippen molar-refractivity contribution >= 4 is 17.5 Å². The largest absolute Gasteiger partial charge is 0.349 e. The Hall–Kier alpha value is -1.84. The third-order valence-corrected chi connectivity index (χ3v) is 3.23. The molecule has 1 heterocycles. The van der Waals surface area contributed by atoms with E-state index in [1.807, 2.05) is 31.2 Å². The number of carbonyl (C=O) groups excluding carboxylic acids is 2. The van der Waals surface area contributed by atoms with E-state index >= 15 is 0 Å². The van der Waals surface area contributed by atoms with Crippen LogP contribution in [-0.4, -0.2) is 37.4 Å². The number of anilines is 1. The van der Waals surface area contributed by atoms with Crippen LogP contribution in [0, 0.1) is 12.8 Å². The van der Waals surface area contributed by atoms with Crippen LogP contribution in [-0.2, 0) is 9.59 Å². The molecule has 1 fully saturated rings.